The molecular weight excluding hydrogens is 396 g/mol. The van der Waals surface area contributed by atoms with E-state index < -0.39 is 0 Å². The first-order valence-corrected chi connectivity index (χ1v) is 14.2. The van der Waals surface area contributed by atoms with Gasteiger partial charge in [0.2, 0.25) is 0 Å². The van der Waals surface area contributed by atoms with Gasteiger partial charge in [0.05, 0.1) is 0 Å². The van der Waals surface area contributed by atoms with Crippen LogP contribution >= 0.6 is 12.6 Å². The lowest BCUT2D eigenvalue weighted by atomic mass is 10.0. The second-order valence-corrected chi connectivity index (χ2v) is 9.82. The first-order valence-electron chi connectivity index (χ1n) is 13.7. The van der Waals surface area contributed by atoms with Crippen molar-refractivity contribution in [1.29, 1.82) is 0 Å². The molecule has 0 spiro atoms. The summed E-state index contributed by atoms with van der Waals surface area (Å²) in [4.78, 5) is 0. The van der Waals surface area contributed by atoms with Gasteiger partial charge >= 0.3 is 0 Å². The van der Waals surface area contributed by atoms with Crippen molar-refractivity contribution in [2.75, 3.05) is 6.61 Å². The number of rotatable bonds is 23. The molecule has 2 heteroatoms. The average molecular weight is 449 g/mol. The Morgan fingerprint density at radius 3 is 1.29 bits per heavy atom. The number of thiol groups is 1. The van der Waals surface area contributed by atoms with E-state index in [-0.39, 0.29) is 5.44 Å². The van der Waals surface area contributed by atoms with Crippen LogP contribution in [0, 0.1) is 0 Å². The molecule has 31 heavy (non-hydrogen) atoms. The van der Waals surface area contributed by atoms with Crippen molar-refractivity contribution in [3.8, 4) is 0 Å². The fourth-order valence-electron chi connectivity index (χ4n) is 4.27. The zero-order chi connectivity index (χ0) is 22.2. The standard InChI is InChI=1S/C29H52OS/c1-2-3-4-5-6-7-8-9-10-11-12-13-14-15-16-17-18-19-20-24-27-30-29(31)28-25-22-21-23-26-28/h21-23,25-26,29,31H,2-20,24,27H2,1H3. The van der Waals surface area contributed by atoms with Gasteiger partial charge in [0.25, 0.3) is 0 Å². The van der Waals surface area contributed by atoms with E-state index in [0.29, 0.717) is 0 Å². The molecule has 0 aromatic heterocycles. The molecular formula is C29H52OS. The predicted octanol–water partition coefficient (Wildman–Crippen LogP) is 10.5. The first kappa shape index (κ1) is 28.6. The SMILES string of the molecule is CCCCCCCCCCCCCCCCCCCCCCOC(S)c1ccccc1. The molecule has 1 aromatic carbocycles. The molecule has 0 heterocycles. The van der Waals surface area contributed by atoms with E-state index >= 15 is 0 Å². The maximum Gasteiger partial charge on any atom is 0.125 e. The molecule has 0 saturated heterocycles. The highest BCUT2D eigenvalue weighted by Crippen LogP contribution is 2.21. The van der Waals surface area contributed by atoms with Crippen molar-refractivity contribution < 1.29 is 4.74 Å². The summed E-state index contributed by atoms with van der Waals surface area (Å²) in [6.45, 7) is 3.12. The summed E-state index contributed by atoms with van der Waals surface area (Å²) in [5.41, 5.74) is 1.07. The lowest BCUT2D eigenvalue weighted by Gasteiger charge is -2.12. The summed E-state index contributed by atoms with van der Waals surface area (Å²) in [5.74, 6) is 0. The van der Waals surface area contributed by atoms with Crippen LogP contribution in [0.15, 0.2) is 30.3 Å². The summed E-state index contributed by atoms with van der Waals surface area (Å²) in [6.07, 6.45) is 28.4. The smallest absolute Gasteiger partial charge is 0.125 e. The quantitative estimate of drug-likeness (QED) is 0.0994. The van der Waals surface area contributed by atoms with Crippen molar-refractivity contribution in [3.63, 3.8) is 0 Å². The minimum atomic E-state index is -0.0819. The molecule has 180 valence electrons. The van der Waals surface area contributed by atoms with Crippen molar-refractivity contribution in [2.45, 2.75) is 141 Å². The average Bonchev–Trinajstić information content (AvgIpc) is 2.80. The van der Waals surface area contributed by atoms with Crippen molar-refractivity contribution in [3.05, 3.63) is 35.9 Å². The number of ether oxygens (including phenoxy) is 1. The Labute approximate surface area is 200 Å². The highest BCUT2D eigenvalue weighted by atomic mass is 32.1. The van der Waals surface area contributed by atoms with E-state index in [1.54, 1.807) is 0 Å². The first-order chi connectivity index (χ1) is 15.3. The van der Waals surface area contributed by atoms with Gasteiger partial charge < -0.3 is 4.74 Å². The zero-order valence-corrected chi connectivity index (χ0v) is 21.6. The van der Waals surface area contributed by atoms with E-state index in [4.69, 9.17) is 4.74 Å². The lowest BCUT2D eigenvalue weighted by molar-refractivity contribution is 0.110. The summed E-state index contributed by atoms with van der Waals surface area (Å²) in [5, 5.41) is 0. The van der Waals surface area contributed by atoms with Gasteiger partial charge in [0.1, 0.15) is 5.44 Å². The van der Waals surface area contributed by atoms with Crippen LogP contribution < -0.4 is 0 Å². The van der Waals surface area contributed by atoms with Gasteiger partial charge in [-0.3, -0.25) is 0 Å². The zero-order valence-electron chi connectivity index (χ0n) is 20.7. The molecule has 0 bridgehead atoms. The van der Waals surface area contributed by atoms with Crippen LogP contribution in [0.1, 0.15) is 146 Å². The van der Waals surface area contributed by atoms with Crippen LogP contribution in [-0.4, -0.2) is 6.61 Å². The Bertz CT molecular complexity index is 461. The molecule has 0 fully saturated rings. The maximum absolute atomic E-state index is 5.83. The van der Waals surface area contributed by atoms with Crippen molar-refractivity contribution >= 4 is 12.6 Å². The van der Waals surface area contributed by atoms with Gasteiger partial charge in [-0.05, 0) is 12.0 Å². The molecule has 0 aliphatic carbocycles. The highest BCUT2D eigenvalue weighted by molar-refractivity contribution is 7.80. The maximum atomic E-state index is 5.83. The third-order valence-corrected chi connectivity index (χ3v) is 6.81. The number of hydrogen-bond acceptors (Lipinski definition) is 2. The van der Waals surface area contributed by atoms with Gasteiger partial charge in [0, 0.05) is 6.61 Å². The largest absolute Gasteiger partial charge is 0.363 e. The second kappa shape index (κ2) is 22.7. The minimum absolute atomic E-state index is 0.0819. The molecule has 1 rings (SSSR count). The van der Waals surface area contributed by atoms with Crippen LogP contribution in [0.4, 0.5) is 0 Å². The van der Waals surface area contributed by atoms with Gasteiger partial charge in [-0.1, -0.05) is 159 Å². The Morgan fingerprint density at radius 2 is 0.903 bits per heavy atom. The third kappa shape index (κ3) is 18.8. The summed E-state index contributed by atoms with van der Waals surface area (Å²) < 4.78 is 5.83. The molecule has 0 N–H and O–H groups in total. The summed E-state index contributed by atoms with van der Waals surface area (Å²) in [6, 6.07) is 10.3. The lowest BCUT2D eigenvalue weighted by Crippen LogP contribution is -1.99. The molecule has 0 amide bonds. The molecule has 0 aliphatic rings. The molecule has 1 nitrogen and oxygen atoms in total. The minimum Gasteiger partial charge on any atom is -0.363 e. The van der Waals surface area contributed by atoms with Crippen LogP contribution in [0.2, 0.25) is 0 Å². The molecule has 1 atom stereocenters. The van der Waals surface area contributed by atoms with Crippen LogP contribution in [0.5, 0.6) is 0 Å². The predicted molar refractivity (Wildman–Crippen MR) is 142 cm³/mol. The fourth-order valence-corrected chi connectivity index (χ4v) is 4.54. The summed E-state index contributed by atoms with van der Waals surface area (Å²) in [7, 11) is 0. The Hall–Kier alpha value is -0.470. The van der Waals surface area contributed by atoms with Gasteiger partial charge in [-0.25, -0.2) is 0 Å². The van der Waals surface area contributed by atoms with E-state index in [1.807, 2.05) is 18.2 Å². The van der Waals surface area contributed by atoms with E-state index in [2.05, 4.69) is 31.7 Å². The molecule has 0 radical (unpaired) electrons. The summed E-state index contributed by atoms with van der Waals surface area (Å²) >= 11 is 4.54. The fraction of sp³-hybridized carbons (Fsp3) is 0.793. The van der Waals surface area contributed by atoms with E-state index in [9.17, 15) is 0 Å². The molecule has 1 aromatic rings. The molecule has 1 unspecified atom stereocenters. The van der Waals surface area contributed by atoms with Crippen molar-refractivity contribution in [2.24, 2.45) is 0 Å². The second-order valence-electron chi connectivity index (χ2n) is 9.35. The van der Waals surface area contributed by atoms with Gasteiger partial charge in [-0.15, -0.1) is 12.6 Å². The van der Waals surface area contributed by atoms with Crippen LogP contribution in [-0.2, 0) is 4.74 Å². The van der Waals surface area contributed by atoms with Gasteiger partial charge in [0.15, 0.2) is 0 Å². The van der Waals surface area contributed by atoms with Crippen molar-refractivity contribution in [1.82, 2.24) is 0 Å². The number of hydrogen-bond donors (Lipinski definition) is 1. The Balaban J connectivity index is 1.70. The Morgan fingerprint density at radius 1 is 0.548 bits per heavy atom. The topological polar surface area (TPSA) is 9.23 Å². The molecule has 0 saturated carbocycles. The van der Waals surface area contributed by atoms with E-state index in [0.717, 1.165) is 18.6 Å². The van der Waals surface area contributed by atoms with Crippen LogP contribution in [0.3, 0.4) is 0 Å². The van der Waals surface area contributed by atoms with Crippen LogP contribution in [0.25, 0.3) is 0 Å². The third-order valence-electron chi connectivity index (χ3n) is 6.36. The highest BCUT2D eigenvalue weighted by Gasteiger charge is 2.04. The monoisotopic (exact) mass is 448 g/mol. The molecule has 0 aliphatic heterocycles. The van der Waals surface area contributed by atoms with Gasteiger partial charge in [-0.2, -0.15) is 0 Å². The van der Waals surface area contributed by atoms with E-state index in [1.165, 1.54) is 122 Å². The normalized spacial score (nSPS) is 12.3. The Kier molecular flexibility index (Phi) is 20.9. The number of unbranched alkanes of at least 4 members (excludes halogenated alkanes) is 19. The number of benzene rings is 1.